The van der Waals surface area contributed by atoms with E-state index in [1.165, 1.54) is 16.7 Å². The Bertz CT molecular complexity index is 572. The van der Waals surface area contributed by atoms with Gasteiger partial charge in [-0.3, -0.25) is 4.79 Å². The van der Waals surface area contributed by atoms with Gasteiger partial charge < -0.3 is 0 Å². The first kappa shape index (κ1) is 16.7. The van der Waals surface area contributed by atoms with E-state index >= 15 is 0 Å². The SMILES string of the molecule is CCC1C(C)=CC=C1CCC(=O)Cc1ccc(C(C)C)cc1. The zero-order valence-corrected chi connectivity index (χ0v) is 14.4. The van der Waals surface area contributed by atoms with E-state index in [1.54, 1.807) is 0 Å². The Morgan fingerprint density at radius 3 is 2.41 bits per heavy atom. The first-order chi connectivity index (χ1) is 10.5. The summed E-state index contributed by atoms with van der Waals surface area (Å²) in [6, 6.07) is 8.49. The lowest BCUT2D eigenvalue weighted by atomic mass is 9.90. The van der Waals surface area contributed by atoms with Crippen LogP contribution in [0.5, 0.6) is 0 Å². The third kappa shape index (κ3) is 4.19. The highest BCUT2D eigenvalue weighted by Gasteiger charge is 2.18. The molecular formula is C21H28O. The Balaban J connectivity index is 1.84. The predicted octanol–water partition coefficient (Wildman–Crippen LogP) is 5.61. The summed E-state index contributed by atoms with van der Waals surface area (Å²) in [5.74, 6) is 1.46. The molecule has 1 aliphatic rings. The van der Waals surface area contributed by atoms with Crippen LogP contribution in [0.2, 0.25) is 0 Å². The molecule has 22 heavy (non-hydrogen) atoms. The van der Waals surface area contributed by atoms with Gasteiger partial charge in [-0.05, 0) is 36.8 Å². The molecule has 1 unspecified atom stereocenters. The van der Waals surface area contributed by atoms with Crippen LogP contribution in [0.4, 0.5) is 0 Å². The first-order valence-electron chi connectivity index (χ1n) is 8.49. The Morgan fingerprint density at radius 1 is 1.14 bits per heavy atom. The first-order valence-corrected chi connectivity index (χ1v) is 8.49. The molecule has 0 heterocycles. The number of carbonyl (C=O) groups is 1. The van der Waals surface area contributed by atoms with Gasteiger partial charge in [-0.1, -0.05) is 68.3 Å². The molecule has 1 heteroatoms. The van der Waals surface area contributed by atoms with E-state index in [0.29, 0.717) is 30.5 Å². The third-order valence-electron chi connectivity index (χ3n) is 4.71. The second-order valence-corrected chi connectivity index (χ2v) is 6.72. The van der Waals surface area contributed by atoms with Gasteiger partial charge in [-0.25, -0.2) is 0 Å². The minimum absolute atomic E-state index is 0.345. The zero-order chi connectivity index (χ0) is 16.1. The van der Waals surface area contributed by atoms with Crippen LogP contribution in [-0.4, -0.2) is 5.78 Å². The van der Waals surface area contributed by atoms with Gasteiger partial charge in [0.05, 0.1) is 0 Å². The summed E-state index contributed by atoms with van der Waals surface area (Å²) in [6.45, 7) is 8.79. The number of Topliss-reactive ketones (excluding diaryl/α,β-unsaturated/α-hetero) is 1. The summed E-state index contributed by atoms with van der Waals surface area (Å²) in [5, 5.41) is 0. The molecule has 0 aliphatic heterocycles. The van der Waals surface area contributed by atoms with Crippen molar-refractivity contribution in [1.29, 1.82) is 0 Å². The molecule has 0 amide bonds. The number of hydrogen-bond donors (Lipinski definition) is 0. The average Bonchev–Trinajstić information content (AvgIpc) is 2.85. The molecule has 0 radical (unpaired) electrons. The fourth-order valence-electron chi connectivity index (χ4n) is 3.23. The number of allylic oxidation sites excluding steroid dienone is 4. The van der Waals surface area contributed by atoms with E-state index in [9.17, 15) is 4.79 Å². The number of hydrogen-bond acceptors (Lipinski definition) is 1. The van der Waals surface area contributed by atoms with Crippen molar-refractivity contribution in [3.8, 4) is 0 Å². The average molecular weight is 296 g/mol. The highest BCUT2D eigenvalue weighted by molar-refractivity contribution is 5.81. The smallest absolute Gasteiger partial charge is 0.137 e. The highest BCUT2D eigenvalue weighted by Crippen LogP contribution is 2.32. The molecule has 0 spiro atoms. The molecule has 0 fully saturated rings. The van der Waals surface area contributed by atoms with Crippen molar-refractivity contribution < 1.29 is 4.79 Å². The number of carbonyl (C=O) groups excluding carboxylic acids is 1. The van der Waals surface area contributed by atoms with Crippen LogP contribution >= 0.6 is 0 Å². The van der Waals surface area contributed by atoms with Crippen LogP contribution in [0.3, 0.4) is 0 Å². The van der Waals surface area contributed by atoms with E-state index in [1.807, 2.05) is 0 Å². The van der Waals surface area contributed by atoms with Crippen molar-refractivity contribution in [3.05, 3.63) is 58.7 Å². The molecule has 1 aromatic rings. The zero-order valence-electron chi connectivity index (χ0n) is 14.4. The van der Waals surface area contributed by atoms with Crippen molar-refractivity contribution in [2.45, 2.75) is 59.3 Å². The summed E-state index contributed by atoms with van der Waals surface area (Å²) in [4.78, 5) is 12.2. The lowest BCUT2D eigenvalue weighted by Crippen LogP contribution is -2.06. The number of benzene rings is 1. The van der Waals surface area contributed by atoms with E-state index in [-0.39, 0.29) is 0 Å². The van der Waals surface area contributed by atoms with Crippen molar-refractivity contribution in [2.24, 2.45) is 5.92 Å². The third-order valence-corrected chi connectivity index (χ3v) is 4.71. The predicted molar refractivity (Wildman–Crippen MR) is 94.1 cm³/mol. The molecule has 0 aromatic heterocycles. The van der Waals surface area contributed by atoms with E-state index < -0.39 is 0 Å². The maximum atomic E-state index is 12.2. The van der Waals surface area contributed by atoms with Crippen LogP contribution in [-0.2, 0) is 11.2 Å². The lowest BCUT2D eigenvalue weighted by molar-refractivity contribution is -0.118. The van der Waals surface area contributed by atoms with Gasteiger partial charge >= 0.3 is 0 Å². The summed E-state index contributed by atoms with van der Waals surface area (Å²) >= 11 is 0. The minimum Gasteiger partial charge on any atom is -0.299 e. The number of rotatable bonds is 7. The van der Waals surface area contributed by atoms with Gasteiger partial charge in [0.1, 0.15) is 5.78 Å². The van der Waals surface area contributed by atoms with Crippen molar-refractivity contribution in [3.63, 3.8) is 0 Å². The molecule has 0 N–H and O–H groups in total. The highest BCUT2D eigenvalue weighted by atomic mass is 16.1. The fourth-order valence-corrected chi connectivity index (χ4v) is 3.23. The van der Waals surface area contributed by atoms with Gasteiger partial charge in [-0.15, -0.1) is 0 Å². The Labute approximate surface area is 135 Å². The van der Waals surface area contributed by atoms with Crippen molar-refractivity contribution in [1.82, 2.24) is 0 Å². The van der Waals surface area contributed by atoms with Crippen LogP contribution in [0.25, 0.3) is 0 Å². The van der Waals surface area contributed by atoms with E-state index in [4.69, 9.17) is 0 Å². The van der Waals surface area contributed by atoms with Gasteiger partial charge in [-0.2, -0.15) is 0 Å². The van der Waals surface area contributed by atoms with Gasteiger partial charge in [0.15, 0.2) is 0 Å². The molecule has 0 saturated heterocycles. The minimum atomic E-state index is 0.345. The monoisotopic (exact) mass is 296 g/mol. The molecule has 1 nitrogen and oxygen atoms in total. The molecule has 0 saturated carbocycles. The lowest BCUT2D eigenvalue weighted by Gasteiger charge is -2.15. The van der Waals surface area contributed by atoms with Gasteiger partial charge in [0.25, 0.3) is 0 Å². The second-order valence-electron chi connectivity index (χ2n) is 6.72. The van der Waals surface area contributed by atoms with Crippen molar-refractivity contribution >= 4 is 5.78 Å². The summed E-state index contributed by atoms with van der Waals surface area (Å²) in [7, 11) is 0. The Hall–Kier alpha value is -1.63. The summed E-state index contributed by atoms with van der Waals surface area (Å²) in [5.41, 5.74) is 5.34. The van der Waals surface area contributed by atoms with Crippen LogP contribution in [0, 0.1) is 5.92 Å². The standard InChI is InChI=1S/C21H28O/c1-5-21-16(4)6-9-19(21)12-13-20(22)14-17-7-10-18(11-8-17)15(2)3/h6-11,15,21H,5,12-14H2,1-4H3. The van der Waals surface area contributed by atoms with E-state index in [0.717, 1.165) is 18.4 Å². The van der Waals surface area contributed by atoms with E-state index in [2.05, 4.69) is 64.1 Å². The van der Waals surface area contributed by atoms with Gasteiger partial charge in [0, 0.05) is 18.8 Å². The molecule has 0 bridgehead atoms. The molecule has 1 atom stereocenters. The maximum absolute atomic E-state index is 12.2. The molecule has 118 valence electrons. The molecule has 1 aromatic carbocycles. The second kappa shape index (κ2) is 7.58. The summed E-state index contributed by atoms with van der Waals surface area (Å²) < 4.78 is 0. The quantitative estimate of drug-likeness (QED) is 0.638. The normalized spacial score (nSPS) is 17.6. The largest absolute Gasteiger partial charge is 0.299 e. The Kier molecular flexibility index (Phi) is 5.76. The summed E-state index contributed by atoms with van der Waals surface area (Å²) in [6.07, 6.45) is 7.70. The van der Waals surface area contributed by atoms with Crippen molar-refractivity contribution in [2.75, 3.05) is 0 Å². The molecule has 2 rings (SSSR count). The maximum Gasteiger partial charge on any atom is 0.137 e. The van der Waals surface area contributed by atoms with Crippen LogP contribution < -0.4 is 0 Å². The number of ketones is 1. The van der Waals surface area contributed by atoms with Crippen LogP contribution in [0.1, 0.15) is 64.0 Å². The van der Waals surface area contributed by atoms with Gasteiger partial charge in [0.2, 0.25) is 0 Å². The topological polar surface area (TPSA) is 17.1 Å². The molecule has 1 aliphatic carbocycles. The molecular weight excluding hydrogens is 268 g/mol. The Morgan fingerprint density at radius 2 is 1.82 bits per heavy atom. The van der Waals surface area contributed by atoms with Crippen LogP contribution in [0.15, 0.2) is 47.6 Å². The fraction of sp³-hybridized carbons (Fsp3) is 0.476.